The van der Waals surface area contributed by atoms with Crippen LogP contribution >= 0.6 is 0 Å². The van der Waals surface area contributed by atoms with Crippen LogP contribution < -0.4 is 0 Å². The fraction of sp³-hybridized carbons (Fsp3) is 0.409. The van der Waals surface area contributed by atoms with Crippen LogP contribution in [-0.4, -0.2) is 24.0 Å². The van der Waals surface area contributed by atoms with Crippen LogP contribution in [0.15, 0.2) is 48.5 Å². The van der Waals surface area contributed by atoms with E-state index in [9.17, 15) is 4.79 Å². The Labute approximate surface area is 150 Å². The number of rotatable bonds is 5. The molecule has 1 amide bonds. The van der Waals surface area contributed by atoms with Crippen molar-refractivity contribution in [3.05, 3.63) is 70.8 Å². The van der Waals surface area contributed by atoms with Gasteiger partial charge in [-0.25, -0.2) is 0 Å². The lowest BCUT2D eigenvalue weighted by atomic mass is 9.83. The lowest BCUT2D eigenvalue weighted by Gasteiger charge is -2.35. The van der Waals surface area contributed by atoms with Gasteiger partial charge in [-0.2, -0.15) is 0 Å². The molecule has 0 spiro atoms. The normalized spacial score (nSPS) is 16.8. The van der Waals surface area contributed by atoms with E-state index in [0.29, 0.717) is 19.1 Å². The Morgan fingerprint density at radius 3 is 2.64 bits per heavy atom. The minimum Gasteiger partial charge on any atom is -0.377 e. The lowest BCUT2D eigenvalue weighted by molar-refractivity contribution is -0.129. The number of hydrogen-bond acceptors (Lipinski definition) is 2. The molecule has 132 valence electrons. The summed E-state index contributed by atoms with van der Waals surface area (Å²) in [5.41, 5.74) is 5.03. The summed E-state index contributed by atoms with van der Waals surface area (Å²) in [6.07, 6.45) is 0. The molecule has 3 nitrogen and oxygen atoms in total. The standard InChI is InChI=1S/C22H27NO2/c1-16(2)14-25-15-18-9-10-20-12-23(17(3)24)13-22(21(20)11-18)19-7-5-4-6-8-19/h4-11,16,22H,12-15H2,1-3H3. The van der Waals surface area contributed by atoms with E-state index in [0.717, 1.165) is 13.2 Å². The maximum absolute atomic E-state index is 12.0. The number of fused-ring (bicyclic) bond motifs is 1. The minimum absolute atomic E-state index is 0.135. The number of benzene rings is 2. The van der Waals surface area contributed by atoms with Gasteiger partial charge in [0.2, 0.25) is 5.91 Å². The van der Waals surface area contributed by atoms with Crippen molar-refractivity contribution in [3.63, 3.8) is 0 Å². The summed E-state index contributed by atoms with van der Waals surface area (Å²) in [6.45, 7) is 8.83. The predicted octanol–water partition coefficient (Wildman–Crippen LogP) is 4.35. The molecule has 0 N–H and O–H groups in total. The highest BCUT2D eigenvalue weighted by Gasteiger charge is 2.28. The average molecular weight is 337 g/mol. The van der Waals surface area contributed by atoms with Crippen molar-refractivity contribution >= 4 is 5.91 Å². The molecule has 1 unspecified atom stereocenters. The first-order valence-corrected chi connectivity index (χ1v) is 9.04. The van der Waals surface area contributed by atoms with E-state index in [2.05, 4.69) is 56.3 Å². The molecule has 1 heterocycles. The molecule has 2 aromatic rings. The van der Waals surface area contributed by atoms with Crippen LogP contribution in [-0.2, 0) is 22.7 Å². The van der Waals surface area contributed by atoms with Crippen LogP contribution in [0.2, 0.25) is 0 Å². The highest BCUT2D eigenvalue weighted by molar-refractivity contribution is 5.74. The highest BCUT2D eigenvalue weighted by Crippen LogP contribution is 2.34. The van der Waals surface area contributed by atoms with Gasteiger partial charge in [-0.3, -0.25) is 4.79 Å². The van der Waals surface area contributed by atoms with Crippen LogP contribution in [0.5, 0.6) is 0 Å². The fourth-order valence-electron chi connectivity index (χ4n) is 3.41. The number of carbonyl (C=O) groups excluding carboxylic acids is 1. The van der Waals surface area contributed by atoms with Gasteiger partial charge in [-0.1, -0.05) is 62.4 Å². The maximum atomic E-state index is 12.0. The third-order valence-electron chi connectivity index (χ3n) is 4.72. The Morgan fingerprint density at radius 1 is 1.20 bits per heavy atom. The molecule has 0 saturated carbocycles. The van der Waals surface area contributed by atoms with Crippen LogP contribution in [0.25, 0.3) is 0 Å². The van der Waals surface area contributed by atoms with Crippen LogP contribution in [0.4, 0.5) is 0 Å². The zero-order valence-electron chi connectivity index (χ0n) is 15.4. The third kappa shape index (κ3) is 4.29. The molecule has 2 aromatic carbocycles. The Kier molecular flexibility index (Phi) is 5.54. The van der Waals surface area contributed by atoms with Gasteiger partial charge >= 0.3 is 0 Å². The molecule has 0 saturated heterocycles. The van der Waals surface area contributed by atoms with E-state index in [1.54, 1.807) is 6.92 Å². The van der Waals surface area contributed by atoms with E-state index in [-0.39, 0.29) is 11.8 Å². The molecule has 1 aliphatic heterocycles. The summed E-state index contributed by atoms with van der Waals surface area (Å²) in [4.78, 5) is 13.9. The van der Waals surface area contributed by atoms with Gasteiger partial charge in [-0.15, -0.1) is 0 Å². The van der Waals surface area contributed by atoms with Crippen LogP contribution in [0.3, 0.4) is 0 Å². The smallest absolute Gasteiger partial charge is 0.219 e. The number of nitrogens with zero attached hydrogens (tertiary/aromatic N) is 1. The molecule has 0 radical (unpaired) electrons. The first-order chi connectivity index (χ1) is 12.0. The Hall–Kier alpha value is -2.13. The minimum atomic E-state index is 0.135. The first kappa shape index (κ1) is 17.7. The fourth-order valence-corrected chi connectivity index (χ4v) is 3.41. The summed E-state index contributed by atoms with van der Waals surface area (Å²) in [5.74, 6) is 0.897. The van der Waals surface area contributed by atoms with Crippen molar-refractivity contribution < 1.29 is 9.53 Å². The zero-order valence-corrected chi connectivity index (χ0v) is 15.4. The van der Waals surface area contributed by atoms with Crippen LogP contribution in [0.1, 0.15) is 48.9 Å². The van der Waals surface area contributed by atoms with Crippen LogP contribution in [0, 0.1) is 5.92 Å². The quantitative estimate of drug-likeness (QED) is 0.811. The van der Waals surface area contributed by atoms with E-state index in [1.807, 2.05) is 11.0 Å². The first-order valence-electron chi connectivity index (χ1n) is 9.04. The van der Waals surface area contributed by atoms with Gasteiger partial charge in [0, 0.05) is 32.5 Å². The SMILES string of the molecule is CC(=O)N1Cc2ccc(COCC(C)C)cc2C(c2ccccc2)C1. The molecule has 0 bridgehead atoms. The van der Waals surface area contributed by atoms with Gasteiger partial charge in [0.1, 0.15) is 0 Å². The van der Waals surface area contributed by atoms with E-state index < -0.39 is 0 Å². The molecule has 1 aliphatic rings. The molecule has 0 aliphatic carbocycles. The molecular weight excluding hydrogens is 310 g/mol. The largest absolute Gasteiger partial charge is 0.377 e. The second-order valence-electron chi connectivity index (χ2n) is 7.30. The number of amides is 1. The van der Waals surface area contributed by atoms with Gasteiger partial charge in [-0.05, 0) is 28.2 Å². The monoisotopic (exact) mass is 337 g/mol. The van der Waals surface area contributed by atoms with Gasteiger partial charge < -0.3 is 9.64 Å². The molecule has 3 rings (SSSR count). The molecular formula is C22H27NO2. The molecule has 0 aromatic heterocycles. The molecule has 3 heteroatoms. The Bertz CT molecular complexity index is 724. The van der Waals surface area contributed by atoms with Gasteiger partial charge in [0.05, 0.1) is 6.61 Å². The van der Waals surface area contributed by atoms with Crippen molar-refractivity contribution in [2.24, 2.45) is 5.92 Å². The van der Waals surface area contributed by atoms with Crippen molar-refractivity contribution in [2.45, 2.75) is 39.8 Å². The summed E-state index contributed by atoms with van der Waals surface area (Å²) < 4.78 is 5.81. The second kappa shape index (κ2) is 7.83. The Morgan fingerprint density at radius 2 is 1.96 bits per heavy atom. The predicted molar refractivity (Wildman–Crippen MR) is 100 cm³/mol. The summed E-state index contributed by atoms with van der Waals surface area (Å²) in [6, 6.07) is 17.0. The average Bonchev–Trinajstić information content (AvgIpc) is 2.61. The van der Waals surface area contributed by atoms with Gasteiger partial charge in [0.25, 0.3) is 0 Å². The zero-order chi connectivity index (χ0) is 17.8. The van der Waals surface area contributed by atoms with Crippen molar-refractivity contribution in [3.8, 4) is 0 Å². The summed E-state index contributed by atoms with van der Waals surface area (Å²) in [5, 5.41) is 0. The lowest BCUT2D eigenvalue weighted by Crippen LogP contribution is -2.37. The molecule has 0 fully saturated rings. The molecule has 25 heavy (non-hydrogen) atoms. The summed E-state index contributed by atoms with van der Waals surface area (Å²) >= 11 is 0. The maximum Gasteiger partial charge on any atom is 0.219 e. The number of carbonyl (C=O) groups is 1. The van der Waals surface area contributed by atoms with E-state index in [1.165, 1.54) is 22.3 Å². The number of ether oxygens (including phenoxy) is 1. The number of hydrogen-bond donors (Lipinski definition) is 0. The topological polar surface area (TPSA) is 29.5 Å². The van der Waals surface area contributed by atoms with E-state index in [4.69, 9.17) is 4.74 Å². The Balaban J connectivity index is 1.90. The van der Waals surface area contributed by atoms with Crippen molar-refractivity contribution in [2.75, 3.05) is 13.2 Å². The molecule has 1 atom stereocenters. The van der Waals surface area contributed by atoms with Crippen molar-refractivity contribution in [1.29, 1.82) is 0 Å². The highest BCUT2D eigenvalue weighted by atomic mass is 16.5. The second-order valence-corrected chi connectivity index (χ2v) is 7.30. The van der Waals surface area contributed by atoms with Gasteiger partial charge in [0.15, 0.2) is 0 Å². The van der Waals surface area contributed by atoms with E-state index >= 15 is 0 Å². The third-order valence-corrected chi connectivity index (χ3v) is 4.72. The van der Waals surface area contributed by atoms with Crippen molar-refractivity contribution in [1.82, 2.24) is 4.90 Å². The summed E-state index contributed by atoms with van der Waals surface area (Å²) in [7, 11) is 0.